The van der Waals surface area contributed by atoms with Gasteiger partial charge in [0.2, 0.25) is 5.91 Å². The lowest BCUT2D eigenvalue weighted by molar-refractivity contribution is -0.130. The van der Waals surface area contributed by atoms with Gasteiger partial charge in [0.05, 0.1) is 12.1 Å². The van der Waals surface area contributed by atoms with E-state index < -0.39 is 0 Å². The molecule has 0 radical (unpaired) electrons. The Morgan fingerprint density at radius 1 is 1.00 bits per heavy atom. The lowest BCUT2D eigenvalue weighted by atomic mass is 10.1. The minimum Gasteiger partial charge on any atom is -0.368 e. The van der Waals surface area contributed by atoms with Gasteiger partial charge in [-0.2, -0.15) is 0 Å². The molecular formula is C23H32N6O2S. The standard InChI is InChI=1S/C23H32N6O2S/c1-17-4-5-18(2)20(14-17)27-10-12-28(13-11-27)21(30)15-19-16-32-22(24-19)25-23(31)29-8-6-26(3)7-9-29/h4-5,14,16H,6-13,15H2,1-3H3,(H,24,25,31). The second-order valence-electron chi connectivity index (χ2n) is 8.70. The Labute approximate surface area is 193 Å². The quantitative estimate of drug-likeness (QED) is 0.765. The first kappa shape index (κ1) is 22.5. The highest BCUT2D eigenvalue weighted by Gasteiger charge is 2.24. The normalized spacial score (nSPS) is 17.5. The van der Waals surface area contributed by atoms with Gasteiger partial charge in [-0.15, -0.1) is 11.3 Å². The summed E-state index contributed by atoms with van der Waals surface area (Å²) in [5.74, 6) is 0.0906. The average molecular weight is 457 g/mol. The molecule has 2 aliphatic rings. The third kappa shape index (κ3) is 5.39. The highest BCUT2D eigenvalue weighted by molar-refractivity contribution is 7.13. The minimum absolute atomic E-state index is 0.0906. The van der Waals surface area contributed by atoms with E-state index in [1.807, 2.05) is 15.2 Å². The third-order valence-electron chi connectivity index (χ3n) is 6.23. The Hall–Kier alpha value is -2.65. The van der Waals surface area contributed by atoms with Crippen LogP contribution in [0.15, 0.2) is 23.6 Å². The number of amides is 3. The van der Waals surface area contributed by atoms with Crippen molar-refractivity contribution in [1.82, 2.24) is 19.7 Å². The Bertz CT molecular complexity index is 961. The van der Waals surface area contributed by atoms with Crippen molar-refractivity contribution in [3.8, 4) is 0 Å². The van der Waals surface area contributed by atoms with Crippen molar-refractivity contribution >= 4 is 34.1 Å². The summed E-state index contributed by atoms with van der Waals surface area (Å²) >= 11 is 1.37. The number of carbonyl (C=O) groups is 2. The number of piperazine rings is 2. The summed E-state index contributed by atoms with van der Waals surface area (Å²) in [6.07, 6.45) is 0.268. The van der Waals surface area contributed by atoms with Gasteiger partial charge in [0, 0.05) is 63.4 Å². The van der Waals surface area contributed by atoms with E-state index in [2.05, 4.69) is 59.2 Å². The fourth-order valence-electron chi connectivity index (χ4n) is 4.15. The van der Waals surface area contributed by atoms with Crippen molar-refractivity contribution < 1.29 is 9.59 Å². The summed E-state index contributed by atoms with van der Waals surface area (Å²) in [6.45, 7) is 10.5. The summed E-state index contributed by atoms with van der Waals surface area (Å²) < 4.78 is 0. The molecule has 2 aliphatic heterocycles. The van der Waals surface area contributed by atoms with Crippen molar-refractivity contribution in [1.29, 1.82) is 0 Å². The van der Waals surface area contributed by atoms with Crippen LogP contribution in [-0.4, -0.2) is 91.0 Å². The van der Waals surface area contributed by atoms with E-state index in [1.54, 1.807) is 0 Å². The number of anilines is 2. The zero-order valence-corrected chi connectivity index (χ0v) is 20.0. The second kappa shape index (κ2) is 9.87. The topological polar surface area (TPSA) is 72.0 Å². The summed E-state index contributed by atoms with van der Waals surface area (Å²) in [5, 5.41) is 5.29. The van der Waals surface area contributed by atoms with Gasteiger partial charge in [-0.3, -0.25) is 10.1 Å². The number of nitrogens with one attached hydrogen (secondary N) is 1. The van der Waals surface area contributed by atoms with Crippen LogP contribution in [0.1, 0.15) is 16.8 Å². The van der Waals surface area contributed by atoms with Crippen molar-refractivity contribution in [2.24, 2.45) is 0 Å². The first-order valence-corrected chi connectivity index (χ1v) is 12.1. The summed E-state index contributed by atoms with van der Waals surface area (Å²) in [5.41, 5.74) is 4.50. The molecule has 0 saturated carbocycles. The van der Waals surface area contributed by atoms with E-state index in [9.17, 15) is 9.59 Å². The van der Waals surface area contributed by atoms with E-state index in [1.165, 1.54) is 28.2 Å². The van der Waals surface area contributed by atoms with Crippen LogP contribution in [0.2, 0.25) is 0 Å². The van der Waals surface area contributed by atoms with Gasteiger partial charge in [0.25, 0.3) is 0 Å². The molecule has 172 valence electrons. The monoisotopic (exact) mass is 456 g/mol. The number of hydrogen-bond donors (Lipinski definition) is 1. The molecule has 4 rings (SSSR count). The van der Waals surface area contributed by atoms with E-state index in [4.69, 9.17) is 0 Å². The molecule has 2 fully saturated rings. The van der Waals surface area contributed by atoms with E-state index in [0.717, 1.165) is 26.2 Å². The number of aryl methyl sites for hydroxylation is 2. The number of thiazole rings is 1. The van der Waals surface area contributed by atoms with Crippen LogP contribution in [0, 0.1) is 13.8 Å². The number of likely N-dealkylation sites (N-methyl/N-ethyl adjacent to an activating group) is 1. The molecule has 0 unspecified atom stereocenters. The molecule has 32 heavy (non-hydrogen) atoms. The molecule has 8 nitrogen and oxygen atoms in total. The van der Waals surface area contributed by atoms with Crippen LogP contribution in [-0.2, 0) is 11.2 Å². The molecule has 1 N–H and O–H groups in total. The number of rotatable bonds is 4. The molecule has 1 aromatic heterocycles. The lowest BCUT2D eigenvalue weighted by Gasteiger charge is -2.37. The number of urea groups is 1. The smallest absolute Gasteiger partial charge is 0.323 e. The van der Waals surface area contributed by atoms with Crippen molar-refractivity contribution in [3.63, 3.8) is 0 Å². The molecule has 2 saturated heterocycles. The molecule has 1 aromatic carbocycles. The number of benzene rings is 1. The molecule has 0 atom stereocenters. The summed E-state index contributed by atoms with van der Waals surface area (Å²) in [4.78, 5) is 38.0. The molecule has 9 heteroatoms. The van der Waals surface area contributed by atoms with E-state index >= 15 is 0 Å². The highest BCUT2D eigenvalue weighted by Crippen LogP contribution is 2.23. The number of carbonyl (C=O) groups excluding carboxylic acids is 2. The van der Waals surface area contributed by atoms with Crippen LogP contribution >= 0.6 is 11.3 Å². The molecule has 0 bridgehead atoms. The minimum atomic E-state index is -0.118. The molecule has 3 heterocycles. The maximum Gasteiger partial charge on any atom is 0.323 e. The SMILES string of the molecule is Cc1ccc(C)c(N2CCN(C(=O)Cc3csc(NC(=O)N4CCN(C)CC4)n3)CC2)c1. The van der Waals surface area contributed by atoms with Crippen LogP contribution in [0.3, 0.4) is 0 Å². The first-order valence-electron chi connectivity index (χ1n) is 11.2. The Morgan fingerprint density at radius 3 is 2.41 bits per heavy atom. The average Bonchev–Trinajstić information content (AvgIpc) is 3.22. The number of nitrogens with zero attached hydrogens (tertiary/aromatic N) is 5. The number of aromatic nitrogens is 1. The molecule has 0 spiro atoms. The van der Waals surface area contributed by atoms with Gasteiger partial charge in [0.15, 0.2) is 5.13 Å². The van der Waals surface area contributed by atoms with Gasteiger partial charge in [0.1, 0.15) is 0 Å². The summed E-state index contributed by atoms with van der Waals surface area (Å²) in [7, 11) is 2.06. The Balaban J connectivity index is 1.26. The van der Waals surface area contributed by atoms with Crippen molar-refractivity contribution in [2.75, 3.05) is 69.6 Å². The molecular weight excluding hydrogens is 424 g/mol. The maximum atomic E-state index is 12.8. The van der Waals surface area contributed by atoms with Gasteiger partial charge in [-0.1, -0.05) is 12.1 Å². The van der Waals surface area contributed by atoms with Gasteiger partial charge < -0.3 is 19.6 Å². The maximum absolute atomic E-state index is 12.8. The fraction of sp³-hybridized carbons (Fsp3) is 0.522. The van der Waals surface area contributed by atoms with E-state index in [-0.39, 0.29) is 18.4 Å². The zero-order chi connectivity index (χ0) is 22.7. The fourth-order valence-corrected chi connectivity index (χ4v) is 4.85. The zero-order valence-electron chi connectivity index (χ0n) is 19.1. The highest BCUT2D eigenvalue weighted by atomic mass is 32.1. The van der Waals surface area contributed by atoms with Crippen LogP contribution in [0.5, 0.6) is 0 Å². The predicted octanol–water partition coefficient (Wildman–Crippen LogP) is 2.43. The second-order valence-corrected chi connectivity index (χ2v) is 9.56. The molecule has 2 aromatic rings. The Kier molecular flexibility index (Phi) is 6.95. The van der Waals surface area contributed by atoms with Crippen LogP contribution < -0.4 is 10.2 Å². The Morgan fingerprint density at radius 2 is 1.69 bits per heavy atom. The lowest BCUT2D eigenvalue weighted by Crippen LogP contribution is -2.49. The van der Waals surface area contributed by atoms with Crippen LogP contribution in [0.25, 0.3) is 0 Å². The largest absolute Gasteiger partial charge is 0.368 e. The first-order chi connectivity index (χ1) is 15.4. The van der Waals surface area contributed by atoms with Gasteiger partial charge >= 0.3 is 6.03 Å². The van der Waals surface area contributed by atoms with Gasteiger partial charge in [-0.05, 0) is 38.1 Å². The third-order valence-corrected chi connectivity index (χ3v) is 7.03. The molecule has 3 amide bonds. The number of hydrogen-bond acceptors (Lipinski definition) is 6. The van der Waals surface area contributed by atoms with Crippen molar-refractivity contribution in [3.05, 3.63) is 40.4 Å². The van der Waals surface area contributed by atoms with Crippen LogP contribution in [0.4, 0.5) is 15.6 Å². The van der Waals surface area contributed by atoms with Crippen molar-refractivity contribution in [2.45, 2.75) is 20.3 Å². The molecule has 0 aliphatic carbocycles. The van der Waals surface area contributed by atoms with E-state index in [0.29, 0.717) is 37.0 Å². The van der Waals surface area contributed by atoms with Gasteiger partial charge in [-0.25, -0.2) is 9.78 Å². The predicted molar refractivity (Wildman–Crippen MR) is 129 cm³/mol. The summed E-state index contributed by atoms with van der Waals surface area (Å²) in [6, 6.07) is 6.40.